The molecule has 5 heteroatoms. The number of nitrogens with zero attached hydrogens (tertiary/aromatic N) is 1. The van der Waals surface area contributed by atoms with Gasteiger partial charge in [0.05, 0.1) is 13.7 Å². The first kappa shape index (κ1) is 19.0. The van der Waals surface area contributed by atoms with Crippen LogP contribution in [0.15, 0.2) is 48.5 Å². The number of rotatable bonds is 6. The van der Waals surface area contributed by atoms with E-state index < -0.39 is 0 Å². The third-order valence-electron chi connectivity index (χ3n) is 4.71. The van der Waals surface area contributed by atoms with Gasteiger partial charge in [-0.1, -0.05) is 35.9 Å². The molecule has 140 valence electrons. The molecule has 0 aromatic heterocycles. The van der Waals surface area contributed by atoms with E-state index in [0.29, 0.717) is 29.2 Å². The Kier molecular flexibility index (Phi) is 6.41. The molecule has 0 radical (unpaired) electrons. The SMILES string of the molecule is COc1ccccc1OC(c1ccc(Cl)cc1)C1CN(C(C)C)CCO1. The Hall–Kier alpha value is -1.75. The van der Waals surface area contributed by atoms with Crippen molar-refractivity contribution in [3.63, 3.8) is 0 Å². The lowest BCUT2D eigenvalue weighted by molar-refractivity contribution is -0.0888. The van der Waals surface area contributed by atoms with Crippen LogP contribution in [-0.2, 0) is 4.74 Å². The minimum Gasteiger partial charge on any atom is -0.493 e. The zero-order valence-corrected chi connectivity index (χ0v) is 16.3. The van der Waals surface area contributed by atoms with E-state index in [1.165, 1.54) is 0 Å². The Morgan fingerprint density at radius 1 is 1.08 bits per heavy atom. The molecule has 0 aliphatic carbocycles. The van der Waals surface area contributed by atoms with E-state index in [2.05, 4.69) is 18.7 Å². The molecule has 0 saturated carbocycles. The third-order valence-corrected chi connectivity index (χ3v) is 4.97. The highest BCUT2D eigenvalue weighted by atomic mass is 35.5. The van der Waals surface area contributed by atoms with Gasteiger partial charge in [-0.25, -0.2) is 0 Å². The van der Waals surface area contributed by atoms with Crippen LogP contribution in [-0.4, -0.2) is 43.9 Å². The predicted molar refractivity (Wildman–Crippen MR) is 104 cm³/mol. The molecule has 1 saturated heterocycles. The molecule has 2 atom stereocenters. The van der Waals surface area contributed by atoms with Crippen LogP contribution in [0.25, 0.3) is 0 Å². The normalized spacial score (nSPS) is 19.3. The van der Waals surface area contributed by atoms with E-state index in [-0.39, 0.29) is 12.2 Å². The highest BCUT2D eigenvalue weighted by Gasteiger charge is 2.32. The van der Waals surface area contributed by atoms with Crippen molar-refractivity contribution in [2.24, 2.45) is 0 Å². The standard InChI is InChI=1S/C21H26ClNO3/c1-15(2)23-12-13-25-20(14-23)21(16-8-10-17(22)11-9-16)26-19-7-5-4-6-18(19)24-3/h4-11,15,20-21H,12-14H2,1-3H3. The Morgan fingerprint density at radius 2 is 1.77 bits per heavy atom. The molecule has 0 spiro atoms. The average Bonchev–Trinajstić information content (AvgIpc) is 2.67. The lowest BCUT2D eigenvalue weighted by atomic mass is 10.0. The van der Waals surface area contributed by atoms with E-state index in [1.54, 1.807) is 7.11 Å². The van der Waals surface area contributed by atoms with Gasteiger partial charge in [0, 0.05) is 24.2 Å². The third kappa shape index (κ3) is 4.50. The van der Waals surface area contributed by atoms with E-state index in [9.17, 15) is 0 Å². The van der Waals surface area contributed by atoms with Gasteiger partial charge in [0.15, 0.2) is 17.6 Å². The second kappa shape index (κ2) is 8.76. The van der Waals surface area contributed by atoms with Gasteiger partial charge in [-0.05, 0) is 43.7 Å². The summed E-state index contributed by atoms with van der Waals surface area (Å²) in [7, 11) is 1.65. The second-order valence-electron chi connectivity index (χ2n) is 6.74. The van der Waals surface area contributed by atoms with Crippen LogP contribution in [0, 0.1) is 0 Å². The molecule has 1 aliphatic heterocycles. The summed E-state index contributed by atoms with van der Waals surface area (Å²) in [4.78, 5) is 2.42. The molecule has 4 nitrogen and oxygen atoms in total. The monoisotopic (exact) mass is 375 g/mol. The van der Waals surface area contributed by atoms with Crippen LogP contribution in [0.1, 0.15) is 25.5 Å². The van der Waals surface area contributed by atoms with Crippen molar-refractivity contribution in [2.45, 2.75) is 32.1 Å². The average molecular weight is 376 g/mol. The summed E-state index contributed by atoms with van der Waals surface area (Å²) in [6.07, 6.45) is -0.317. The highest BCUT2D eigenvalue weighted by molar-refractivity contribution is 6.30. The van der Waals surface area contributed by atoms with Gasteiger partial charge in [-0.15, -0.1) is 0 Å². The number of benzene rings is 2. The lowest BCUT2D eigenvalue weighted by Gasteiger charge is -2.39. The van der Waals surface area contributed by atoms with Crippen LogP contribution in [0.3, 0.4) is 0 Å². The highest BCUT2D eigenvalue weighted by Crippen LogP contribution is 2.34. The van der Waals surface area contributed by atoms with E-state index in [4.69, 9.17) is 25.8 Å². The molecule has 26 heavy (non-hydrogen) atoms. The fourth-order valence-corrected chi connectivity index (χ4v) is 3.34. The molecule has 0 bridgehead atoms. The smallest absolute Gasteiger partial charge is 0.162 e. The molecule has 1 fully saturated rings. The summed E-state index contributed by atoms with van der Waals surface area (Å²) < 4.78 is 18.0. The molecule has 2 aromatic carbocycles. The van der Waals surface area contributed by atoms with Gasteiger partial charge in [-0.3, -0.25) is 4.90 Å². The van der Waals surface area contributed by atoms with Crippen molar-refractivity contribution < 1.29 is 14.2 Å². The predicted octanol–water partition coefficient (Wildman–Crippen LogP) is 4.58. The number of para-hydroxylation sites is 2. The quantitative estimate of drug-likeness (QED) is 0.739. The molecule has 1 heterocycles. The van der Waals surface area contributed by atoms with Crippen molar-refractivity contribution in [2.75, 3.05) is 26.8 Å². The fourth-order valence-electron chi connectivity index (χ4n) is 3.21. The number of halogens is 1. The summed E-state index contributed by atoms with van der Waals surface area (Å²) in [5.41, 5.74) is 1.04. The number of ether oxygens (including phenoxy) is 3. The minimum absolute atomic E-state index is 0.0720. The number of hydrogen-bond acceptors (Lipinski definition) is 4. The zero-order chi connectivity index (χ0) is 18.5. The van der Waals surface area contributed by atoms with Crippen LogP contribution in [0.2, 0.25) is 5.02 Å². The number of hydrogen-bond donors (Lipinski definition) is 0. The van der Waals surface area contributed by atoms with Crippen LogP contribution in [0.4, 0.5) is 0 Å². The first-order valence-corrected chi connectivity index (χ1v) is 9.37. The van der Waals surface area contributed by atoms with Gasteiger partial charge in [-0.2, -0.15) is 0 Å². The van der Waals surface area contributed by atoms with Gasteiger partial charge in [0.2, 0.25) is 0 Å². The molecular formula is C21H26ClNO3. The summed E-state index contributed by atoms with van der Waals surface area (Å²) >= 11 is 6.07. The van der Waals surface area contributed by atoms with Crippen molar-refractivity contribution in [3.05, 3.63) is 59.1 Å². The number of methoxy groups -OCH3 is 1. The molecule has 3 rings (SSSR count). The first-order chi connectivity index (χ1) is 12.6. The lowest BCUT2D eigenvalue weighted by Crippen LogP contribution is -2.48. The van der Waals surface area contributed by atoms with Crippen LogP contribution in [0.5, 0.6) is 11.5 Å². The van der Waals surface area contributed by atoms with E-state index >= 15 is 0 Å². The Balaban J connectivity index is 1.90. The Bertz CT molecular complexity index is 705. The molecule has 2 unspecified atom stereocenters. The maximum Gasteiger partial charge on any atom is 0.162 e. The maximum absolute atomic E-state index is 6.41. The first-order valence-electron chi connectivity index (χ1n) is 8.99. The van der Waals surface area contributed by atoms with Gasteiger partial charge in [0.25, 0.3) is 0 Å². The molecule has 1 aliphatic rings. The molecule has 0 N–H and O–H groups in total. The van der Waals surface area contributed by atoms with Crippen molar-refractivity contribution in [3.8, 4) is 11.5 Å². The van der Waals surface area contributed by atoms with E-state index in [0.717, 1.165) is 18.7 Å². The minimum atomic E-state index is -0.245. The topological polar surface area (TPSA) is 30.9 Å². The van der Waals surface area contributed by atoms with Gasteiger partial charge < -0.3 is 14.2 Å². The van der Waals surface area contributed by atoms with Crippen molar-refractivity contribution in [1.82, 2.24) is 4.90 Å². The van der Waals surface area contributed by atoms with E-state index in [1.807, 2.05) is 48.5 Å². The van der Waals surface area contributed by atoms with Crippen molar-refractivity contribution >= 4 is 11.6 Å². The summed E-state index contributed by atoms with van der Waals surface area (Å²) in [5.74, 6) is 1.42. The summed E-state index contributed by atoms with van der Waals surface area (Å²) in [5, 5.41) is 0.707. The Morgan fingerprint density at radius 3 is 2.42 bits per heavy atom. The Labute approximate surface area is 160 Å². The van der Waals surface area contributed by atoms with Crippen LogP contribution >= 0.6 is 11.6 Å². The second-order valence-corrected chi connectivity index (χ2v) is 7.18. The number of morpholine rings is 1. The maximum atomic E-state index is 6.41. The van der Waals surface area contributed by atoms with Gasteiger partial charge >= 0.3 is 0 Å². The summed E-state index contributed by atoms with van der Waals surface area (Å²) in [6, 6.07) is 15.9. The van der Waals surface area contributed by atoms with Crippen LogP contribution < -0.4 is 9.47 Å². The molecule has 2 aromatic rings. The molecule has 0 amide bonds. The van der Waals surface area contributed by atoms with Crippen molar-refractivity contribution in [1.29, 1.82) is 0 Å². The summed E-state index contributed by atoms with van der Waals surface area (Å²) in [6.45, 7) is 6.88. The molecular weight excluding hydrogens is 350 g/mol. The largest absolute Gasteiger partial charge is 0.493 e. The fraction of sp³-hybridized carbons (Fsp3) is 0.429. The zero-order valence-electron chi connectivity index (χ0n) is 15.5. The van der Waals surface area contributed by atoms with Gasteiger partial charge in [0.1, 0.15) is 6.10 Å².